The van der Waals surface area contributed by atoms with E-state index in [0.29, 0.717) is 13.1 Å². The number of benzene rings is 1. The Morgan fingerprint density at radius 1 is 1.10 bits per heavy atom. The minimum absolute atomic E-state index is 0.0562. The maximum Gasteiger partial charge on any atom is 0.314 e. The Balaban J connectivity index is 2.10. The van der Waals surface area contributed by atoms with Gasteiger partial charge in [0.15, 0.2) is 0 Å². The highest BCUT2D eigenvalue weighted by Gasteiger charge is 1.99. The van der Waals surface area contributed by atoms with Gasteiger partial charge in [0.25, 0.3) is 0 Å². The first-order valence-electron chi connectivity index (χ1n) is 6.90. The second-order valence-electron chi connectivity index (χ2n) is 4.57. The number of aliphatic hydroxyl groups is 1. The number of hydrogen-bond donors (Lipinski definition) is 3. The summed E-state index contributed by atoms with van der Waals surface area (Å²) in [6.45, 7) is 1.30. The van der Waals surface area contributed by atoms with Gasteiger partial charge in [-0.25, -0.2) is 4.79 Å². The highest BCUT2D eigenvalue weighted by Crippen LogP contribution is 2.04. The molecule has 0 saturated heterocycles. The Kier molecular flexibility index (Phi) is 7.93. The fourth-order valence-electron chi connectivity index (χ4n) is 1.75. The van der Waals surface area contributed by atoms with E-state index in [1.165, 1.54) is 0 Å². The van der Waals surface area contributed by atoms with Gasteiger partial charge in [-0.15, -0.1) is 12.3 Å². The number of urea groups is 1. The van der Waals surface area contributed by atoms with Gasteiger partial charge in [-0.2, -0.15) is 0 Å². The van der Waals surface area contributed by atoms with E-state index < -0.39 is 0 Å². The standard InChI is InChI=1S/C16H22N2O2/c1-2-3-4-5-11-17-16(20)18-12-10-14-6-8-15(13-19)9-7-14/h1,6-9,19H,3-5,10-13H2,(H2,17,18,20). The molecule has 0 radical (unpaired) electrons. The average molecular weight is 274 g/mol. The quantitative estimate of drug-likeness (QED) is 0.500. The van der Waals surface area contributed by atoms with Crippen molar-refractivity contribution < 1.29 is 9.90 Å². The van der Waals surface area contributed by atoms with Gasteiger partial charge in [-0.3, -0.25) is 0 Å². The Bertz CT molecular complexity index is 435. The molecule has 0 saturated carbocycles. The second-order valence-corrected chi connectivity index (χ2v) is 4.57. The summed E-state index contributed by atoms with van der Waals surface area (Å²) in [6, 6.07) is 7.57. The van der Waals surface area contributed by atoms with Crippen LogP contribution in [0, 0.1) is 12.3 Å². The minimum atomic E-state index is -0.141. The molecule has 4 heteroatoms. The minimum Gasteiger partial charge on any atom is -0.392 e. The van der Waals surface area contributed by atoms with E-state index in [2.05, 4.69) is 16.6 Å². The number of carbonyl (C=O) groups excluding carboxylic acids is 1. The van der Waals surface area contributed by atoms with Crippen molar-refractivity contribution in [2.45, 2.75) is 32.3 Å². The Morgan fingerprint density at radius 3 is 2.40 bits per heavy atom. The molecule has 0 aliphatic rings. The molecule has 1 aromatic carbocycles. The molecule has 0 aliphatic carbocycles. The van der Waals surface area contributed by atoms with Gasteiger partial charge in [0.1, 0.15) is 0 Å². The fourth-order valence-corrected chi connectivity index (χ4v) is 1.75. The third kappa shape index (κ3) is 6.81. The average Bonchev–Trinajstić information content (AvgIpc) is 2.48. The number of aliphatic hydroxyl groups excluding tert-OH is 1. The first kappa shape index (κ1) is 16.1. The molecule has 0 aromatic heterocycles. The summed E-state index contributed by atoms with van der Waals surface area (Å²) < 4.78 is 0. The maximum atomic E-state index is 11.5. The maximum absolute atomic E-state index is 11.5. The predicted molar refractivity (Wildman–Crippen MR) is 80.2 cm³/mol. The van der Waals surface area contributed by atoms with Crippen LogP contribution in [0.2, 0.25) is 0 Å². The van der Waals surface area contributed by atoms with E-state index in [0.717, 1.165) is 36.8 Å². The van der Waals surface area contributed by atoms with Crippen LogP contribution in [0.15, 0.2) is 24.3 Å². The van der Waals surface area contributed by atoms with Gasteiger partial charge in [0.05, 0.1) is 6.61 Å². The van der Waals surface area contributed by atoms with Crippen LogP contribution in [-0.4, -0.2) is 24.2 Å². The molecule has 1 rings (SSSR count). The molecule has 0 bridgehead atoms. The predicted octanol–water partition coefficient (Wildman–Crippen LogP) is 1.82. The number of terminal acetylenes is 1. The van der Waals surface area contributed by atoms with Crippen molar-refractivity contribution in [3.8, 4) is 12.3 Å². The third-order valence-corrected chi connectivity index (χ3v) is 2.94. The smallest absolute Gasteiger partial charge is 0.314 e. The van der Waals surface area contributed by atoms with E-state index in [-0.39, 0.29) is 12.6 Å². The summed E-state index contributed by atoms with van der Waals surface area (Å²) in [5, 5.41) is 14.5. The van der Waals surface area contributed by atoms with Crippen LogP contribution in [0.25, 0.3) is 0 Å². The number of hydrogen-bond acceptors (Lipinski definition) is 2. The highest BCUT2D eigenvalue weighted by molar-refractivity contribution is 5.73. The molecule has 0 fully saturated rings. The lowest BCUT2D eigenvalue weighted by atomic mass is 10.1. The molecule has 0 unspecified atom stereocenters. The van der Waals surface area contributed by atoms with E-state index in [9.17, 15) is 4.79 Å². The monoisotopic (exact) mass is 274 g/mol. The summed E-state index contributed by atoms with van der Waals surface area (Å²) in [4.78, 5) is 11.5. The van der Waals surface area contributed by atoms with Gasteiger partial charge >= 0.3 is 6.03 Å². The Morgan fingerprint density at radius 2 is 1.75 bits per heavy atom. The third-order valence-electron chi connectivity index (χ3n) is 2.94. The number of unbranched alkanes of at least 4 members (excludes halogenated alkanes) is 2. The summed E-state index contributed by atoms with van der Waals surface area (Å²) in [7, 11) is 0. The Hall–Kier alpha value is -1.99. The molecule has 3 N–H and O–H groups in total. The molecule has 0 spiro atoms. The van der Waals surface area contributed by atoms with Crippen molar-refractivity contribution in [3.05, 3.63) is 35.4 Å². The van der Waals surface area contributed by atoms with Crippen molar-refractivity contribution in [2.24, 2.45) is 0 Å². The molecular weight excluding hydrogens is 252 g/mol. The molecule has 0 aliphatic heterocycles. The van der Waals surface area contributed by atoms with E-state index in [1.807, 2.05) is 24.3 Å². The van der Waals surface area contributed by atoms with Crippen molar-refractivity contribution in [3.63, 3.8) is 0 Å². The summed E-state index contributed by atoms with van der Waals surface area (Å²) >= 11 is 0. The van der Waals surface area contributed by atoms with Crippen molar-refractivity contribution in [2.75, 3.05) is 13.1 Å². The highest BCUT2D eigenvalue weighted by atomic mass is 16.3. The number of amides is 2. The first-order chi connectivity index (χ1) is 9.76. The van der Waals surface area contributed by atoms with Crippen molar-refractivity contribution in [1.82, 2.24) is 10.6 Å². The summed E-state index contributed by atoms with van der Waals surface area (Å²) in [6.07, 6.45) is 8.52. The van der Waals surface area contributed by atoms with Crippen LogP contribution >= 0.6 is 0 Å². The lowest BCUT2D eigenvalue weighted by Crippen LogP contribution is -2.37. The fraction of sp³-hybridized carbons (Fsp3) is 0.438. The van der Waals surface area contributed by atoms with Crippen molar-refractivity contribution in [1.29, 1.82) is 0 Å². The largest absolute Gasteiger partial charge is 0.392 e. The number of rotatable bonds is 8. The van der Waals surface area contributed by atoms with Crippen LogP contribution in [0.1, 0.15) is 30.4 Å². The molecule has 2 amide bonds. The van der Waals surface area contributed by atoms with Crippen LogP contribution in [0.4, 0.5) is 4.79 Å². The zero-order valence-corrected chi connectivity index (χ0v) is 11.7. The summed E-state index contributed by atoms with van der Waals surface area (Å²) in [5.74, 6) is 2.57. The SMILES string of the molecule is C#CCCCCNC(=O)NCCc1ccc(CO)cc1. The molecule has 1 aromatic rings. The van der Waals surface area contributed by atoms with Crippen LogP contribution in [0.5, 0.6) is 0 Å². The normalized spacial score (nSPS) is 9.80. The lowest BCUT2D eigenvalue weighted by molar-refractivity contribution is 0.241. The van der Waals surface area contributed by atoms with Gasteiger partial charge in [0.2, 0.25) is 0 Å². The van der Waals surface area contributed by atoms with Crippen molar-refractivity contribution >= 4 is 6.03 Å². The Labute approximate surface area is 120 Å². The van der Waals surface area contributed by atoms with Crippen LogP contribution in [0.3, 0.4) is 0 Å². The molecule has 20 heavy (non-hydrogen) atoms. The van der Waals surface area contributed by atoms with Crippen LogP contribution in [-0.2, 0) is 13.0 Å². The van der Waals surface area contributed by atoms with Crippen LogP contribution < -0.4 is 10.6 Å². The van der Waals surface area contributed by atoms with Gasteiger partial charge in [-0.1, -0.05) is 24.3 Å². The molecular formula is C16H22N2O2. The zero-order chi connectivity index (χ0) is 14.6. The molecule has 0 atom stereocenters. The first-order valence-corrected chi connectivity index (χ1v) is 6.90. The summed E-state index contributed by atoms with van der Waals surface area (Å²) in [5.41, 5.74) is 2.03. The van der Waals surface area contributed by atoms with E-state index in [4.69, 9.17) is 11.5 Å². The number of carbonyl (C=O) groups is 1. The van der Waals surface area contributed by atoms with E-state index in [1.54, 1.807) is 0 Å². The molecule has 108 valence electrons. The van der Waals surface area contributed by atoms with E-state index >= 15 is 0 Å². The number of nitrogens with one attached hydrogen (secondary N) is 2. The molecule has 4 nitrogen and oxygen atoms in total. The topological polar surface area (TPSA) is 61.4 Å². The van der Waals surface area contributed by atoms with Gasteiger partial charge < -0.3 is 15.7 Å². The molecule has 0 heterocycles. The lowest BCUT2D eigenvalue weighted by Gasteiger charge is -2.07. The second kappa shape index (κ2) is 9.88. The zero-order valence-electron chi connectivity index (χ0n) is 11.7. The van der Waals surface area contributed by atoms with Gasteiger partial charge in [-0.05, 0) is 30.4 Å². The van der Waals surface area contributed by atoms with Gasteiger partial charge in [0, 0.05) is 19.5 Å².